The second-order valence-corrected chi connectivity index (χ2v) is 5.05. The first-order valence-electron chi connectivity index (χ1n) is 6.69. The van der Waals surface area contributed by atoms with Crippen LogP contribution in [0.15, 0.2) is 24.7 Å². The van der Waals surface area contributed by atoms with Gasteiger partial charge in [-0.25, -0.2) is 13.8 Å². The fourth-order valence-corrected chi connectivity index (χ4v) is 2.41. The number of hydrogen-bond acceptors (Lipinski definition) is 5. The summed E-state index contributed by atoms with van der Waals surface area (Å²) in [5, 5.41) is 8.78. The average Bonchev–Trinajstić information content (AvgIpc) is 2.79. The Kier molecular flexibility index (Phi) is 3.87. The van der Waals surface area contributed by atoms with Crippen LogP contribution in [-0.2, 0) is 6.18 Å². The Morgan fingerprint density at radius 3 is 2.52 bits per heavy atom. The Hall–Kier alpha value is -3.09. The molecule has 0 saturated carbocycles. The van der Waals surface area contributed by atoms with Gasteiger partial charge in [-0.15, -0.1) is 0 Å². The van der Waals surface area contributed by atoms with E-state index in [1.54, 1.807) is 6.07 Å². The van der Waals surface area contributed by atoms with Crippen LogP contribution in [0.25, 0.3) is 0 Å². The van der Waals surface area contributed by atoms with E-state index in [0.29, 0.717) is 6.20 Å². The molecule has 0 aliphatic heterocycles. The first kappa shape index (κ1) is 16.8. The number of carbonyl (C=O) groups is 1. The molecule has 0 aromatic carbocycles. The number of fused-ring (bicyclic) bond motifs is 1. The maximum atomic E-state index is 14.1. The Morgan fingerprint density at radius 2 is 1.88 bits per heavy atom. The van der Waals surface area contributed by atoms with Crippen LogP contribution in [0.1, 0.15) is 33.4 Å². The van der Waals surface area contributed by atoms with Crippen LogP contribution in [-0.4, -0.2) is 21.9 Å². The number of pyridine rings is 2. The van der Waals surface area contributed by atoms with E-state index < -0.39 is 46.9 Å². The van der Waals surface area contributed by atoms with Crippen molar-refractivity contribution in [3.05, 3.63) is 47.0 Å². The van der Waals surface area contributed by atoms with Crippen molar-refractivity contribution in [1.29, 1.82) is 5.26 Å². The molecule has 10 heteroatoms. The highest BCUT2D eigenvalue weighted by Gasteiger charge is 2.50. The molecule has 0 fully saturated rings. The largest absolute Gasteiger partial charge is 0.454 e. The van der Waals surface area contributed by atoms with Crippen LogP contribution in [0.3, 0.4) is 0 Å². The lowest BCUT2D eigenvalue weighted by atomic mass is 10.1. The molecule has 0 spiro atoms. The number of nitrogens with zero attached hydrogens (tertiary/aromatic N) is 3. The number of carbonyl (C=O) groups excluding carboxylic acids is 1. The Labute approximate surface area is 136 Å². The number of halogens is 5. The lowest BCUT2D eigenvalue weighted by Gasteiger charge is -2.14. The SMILES string of the molecule is N#Cc1cncc(Oc2cnc(C(F)(F)F)c3c2[C@@H](F)[C@@H](F)C3=O)c1. The molecule has 1 aliphatic rings. The Balaban J connectivity index is 2.14. The summed E-state index contributed by atoms with van der Waals surface area (Å²) < 4.78 is 71.9. The van der Waals surface area contributed by atoms with Gasteiger partial charge in [0.2, 0.25) is 5.78 Å². The third kappa shape index (κ3) is 2.77. The summed E-state index contributed by atoms with van der Waals surface area (Å²) in [6.45, 7) is 0. The fourth-order valence-electron chi connectivity index (χ4n) is 2.41. The maximum Gasteiger partial charge on any atom is 0.434 e. The summed E-state index contributed by atoms with van der Waals surface area (Å²) in [6, 6.07) is 2.95. The molecule has 1 aliphatic carbocycles. The van der Waals surface area contributed by atoms with Crippen LogP contribution >= 0.6 is 0 Å². The van der Waals surface area contributed by atoms with Crippen molar-refractivity contribution in [3.8, 4) is 17.6 Å². The third-order valence-electron chi connectivity index (χ3n) is 3.45. The van der Waals surface area contributed by atoms with Crippen molar-refractivity contribution >= 4 is 5.78 Å². The first-order valence-corrected chi connectivity index (χ1v) is 6.69. The van der Waals surface area contributed by atoms with E-state index in [1.165, 1.54) is 12.3 Å². The molecular weight excluding hydrogens is 349 g/mol. The number of Topliss-reactive ketones (excluding diaryl/α,β-unsaturated/α-hetero) is 1. The van der Waals surface area contributed by atoms with Crippen molar-refractivity contribution in [2.75, 3.05) is 0 Å². The van der Waals surface area contributed by atoms with E-state index >= 15 is 0 Å². The van der Waals surface area contributed by atoms with Gasteiger partial charge >= 0.3 is 6.18 Å². The molecule has 0 saturated heterocycles. The molecule has 0 bridgehead atoms. The van der Waals surface area contributed by atoms with E-state index in [0.717, 1.165) is 6.20 Å². The quantitative estimate of drug-likeness (QED) is 0.768. The summed E-state index contributed by atoms with van der Waals surface area (Å²) in [4.78, 5) is 18.5. The predicted octanol–water partition coefficient (Wildman–Crippen LogP) is 3.70. The molecule has 0 N–H and O–H groups in total. The zero-order valence-corrected chi connectivity index (χ0v) is 12.0. The highest BCUT2D eigenvalue weighted by atomic mass is 19.4. The number of hydrogen-bond donors (Lipinski definition) is 0. The van der Waals surface area contributed by atoms with Crippen LogP contribution in [0.5, 0.6) is 11.5 Å². The van der Waals surface area contributed by atoms with Crippen molar-refractivity contribution in [1.82, 2.24) is 9.97 Å². The molecule has 5 nitrogen and oxygen atoms in total. The second kappa shape index (κ2) is 5.77. The minimum Gasteiger partial charge on any atom is -0.454 e. The molecule has 2 aromatic heterocycles. The normalized spacial score (nSPS) is 19.4. The molecule has 0 amide bonds. The standard InChI is InChI=1S/C15H6F5N3O2/c16-11-9-8(25-7-1-6(2-21)3-22-4-7)5-23-14(15(18,19)20)10(9)13(24)12(11)17/h1,3-5,11-12H/t11-,12-/m1/s1. The lowest BCUT2D eigenvalue weighted by molar-refractivity contribution is -0.141. The van der Waals surface area contributed by atoms with Crippen molar-refractivity contribution in [2.24, 2.45) is 0 Å². The van der Waals surface area contributed by atoms with E-state index in [4.69, 9.17) is 10.00 Å². The minimum absolute atomic E-state index is 0.0743. The second-order valence-electron chi connectivity index (χ2n) is 5.05. The van der Waals surface area contributed by atoms with Gasteiger partial charge in [0.05, 0.1) is 23.5 Å². The van der Waals surface area contributed by atoms with Gasteiger partial charge < -0.3 is 4.74 Å². The van der Waals surface area contributed by atoms with E-state index in [9.17, 15) is 26.7 Å². The number of nitriles is 1. The zero-order chi connectivity index (χ0) is 18.4. The van der Waals surface area contributed by atoms with Crippen molar-refractivity contribution in [2.45, 2.75) is 18.5 Å². The highest BCUT2D eigenvalue weighted by molar-refractivity contribution is 6.06. The summed E-state index contributed by atoms with van der Waals surface area (Å²) in [5.74, 6) is -2.30. The predicted molar refractivity (Wildman–Crippen MR) is 71.3 cm³/mol. The summed E-state index contributed by atoms with van der Waals surface area (Å²) in [5.41, 5.74) is -3.65. The Morgan fingerprint density at radius 1 is 1.16 bits per heavy atom. The van der Waals surface area contributed by atoms with Gasteiger partial charge in [0.25, 0.3) is 0 Å². The van der Waals surface area contributed by atoms with E-state index in [1.807, 2.05) is 0 Å². The van der Waals surface area contributed by atoms with Gasteiger partial charge in [-0.1, -0.05) is 0 Å². The topological polar surface area (TPSA) is 75.9 Å². The van der Waals surface area contributed by atoms with Crippen LogP contribution < -0.4 is 4.74 Å². The van der Waals surface area contributed by atoms with Gasteiger partial charge in [-0.2, -0.15) is 18.4 Å². The summed E-state index contributed by atoms with van der Waals surface area (Å²) in [7, 11) is 0. The molecule has 3 rings (SSSR count). The average molecular weight is 355 g/mol. The van der Waals surface area contributed by atoms with Gasteiger partial charge in [-0.3, -0.25) is 9.78 Å². The maximum absolute atomic E-state index is 14.1. The highest BCUT2D eigenvalue weighted by Crippen LogP contribution is 2.47. The van der Waals surface area contributed by atoms with Crippen molar-refractivity contribution in [3.63, 3.8) is 0 Å². The fraction of sp³-hybridized carbons (Fsp3) is 0.200. The number of alkyl halides is 5. The van der Waals surface area contributed by atoms with E-state index in [-0.39, 0.29) is 11.3 Å². The van der Waals surface area contributed by atoms with Gasteiger partial charge in [-0.05, 0) is 0 Å². The van der Waals surface area contributed by atoms with Crippen LogP contribution in [0, 0.1) is 11.3 Å². The molecular formula is C15H6F5N3O2. The van der Waals surface area contributed by atoms with Crippen LogP contribution in [0.2, 0.25) is 0 Å². The van der Waals surface area contributed by atoms with Crippen LogP contribution in [0.4, 0.5) is 22.0 Å². The van der Waals surface area contributed by atoms with Gasteiger partial charge in [0.1, 0.15) is 11.8 Å². The number of ether oxygens (including phenoxy) is 1. The third-order valence-corrected chi connectivity index (χ3v) is 3.45. The first-order chi connectivity index (χ1) is 11.7. The Bertz CT molecular complexity index is 907. The molecule has 2 atom stereocenters. The van der Waals surface area contributed by atoms with Gasteiger partial charge in [0, 0.05) is 17.8 Å². The molecule has 128 valence electrons. The summed E-state index contributed by atoms with van der Waals surface area (Å²) >= 11 is 0. The summed E-state index contributed by atoms with van der Waals surface area (Å²) in [6.07, 6.45) is -7.59. The molecule has 25 heavy (non-hydrogen) atoms. The smallest absolute Gasteiger partial charge is 0.434 e. The monoisotopic (exact) mass is 355 g/mol. The molecule has 0 radical (unpaired) electrons. The number of rotatable bonds is 2. The van der Waals surface area contributed by atoms with Crippen molar-refractivity contribution < 1.29 is 31.5 Å². The zero-order valence-electron chi connectivity index (χ0n) is 12.0. The molecule has 2 aromatic rings. The minimum atomic E-state index is -5.07. The molecule has 0 unspecified atom stereocenters. The number of ketones is 1. The molecule has 2 heterocycles. The number of aromatic nitrogens is 2. The van der Waals surface area contributed by atoms with Gasteiger partial charge in [0.15, 0.2) is 23.8 Å². The van der Waals surface area contributed by atoms with E-state index in [2.05, 4.69) is 9.97 Å². The lowest BCUT2D eigenvalue weighted by Crippen LogP contribution is -2.17.